The molecule has 1 fully saturated rings. The number of hydrogen-bond acceptors (Lipinski definition) is 7. The number of pyridine rings is 1. The van der Waals surface area contributed by atoms with Gasteiger partial charge in [0, 0.05) is 36.4 Å². The quantitative estimate of drug-likeness (QED) is 0.587. The molecule has 1 saturated heterocycles. The Morgan fingerprint density at radius 1 is 1.29 bits per heavy atom. The third kappa shape index (κ3) is 4.04. The highest BCUT2D eigenvalue weighted by atomic mass is 32.1. The Morgan fingerprint density at radius 2 is 2.07 bits per heavy atom. The molecule has 4 rings (SSSR count). The van der Waals surface area contributed by atoms with Crippen molar-refractivity contribution in [2.24, 2.45) is 0 Å². The molecule has 146 valence electrons. The Labute approximate surface area is 168 Å². The summed E-state index contributed by atoms with van der Waals surface area (Å²) in [5, 5.41) is 11.1. The summed E-state index contributed by atoms with van der Waals surface area (Å²) in [5.41, 5.74) is 1.36. The minimum atomic E-state index is -0.948. The number of aliphatic hydroxyl groups is 1. The topological polar surface area (TPSA) is 87.2 Å². The van der Waals surface area contributed by atoms with Gasteiger partial charge in [-0.3, -0.25) is 0 Å². The molecule has 2 N–H and O–H groups in total. The van der Waals surface area contributed by atoms with Gasteiger partial charge in [0.2, 0.25) is 0 Å². The molecule has 0 spiro atoms. The summed E-state index contributed by atoms with van der Waals surface area (Å²) in [6.45, 7) is 6.23. The highest BCUT2D eigenvalue weighted by Gasteiger charge is 2.20. The van der Waals surface area contributed by atoms with Gasteiger partial charge in [-0.1, -0.05) is 6.08 Å². The Bertz CT molecular complexity index is 1020. The van der Waals surface area contributed by atoms with Crippen molar-refractivity contribution in [3.05, 3.63) is 36.3 Å². The molecule has 0 amide bonds. The van der Waals surface area contributed by atoms with E-state index in [1.807, 2.05) is 18.3 Å². The van der Waals surface area contributed by atoms with Crippen molar-refractivity contribution in [2.45, 2.75) is 24.3 Å². The van der Waals surface area contributed by atoms with Gasteiger partial charge in [0.15, 0.2) is 5.82 Å². The van der Waals surface area contributed by atoms with Gasteiger partial charge in [-0.2, -0.15) is 0 Å². The summed E-state index contributed by atoms with van der Waals surface area (Å²) in [6, 6.07) is 3.98. The SMILES string of the molecule is CC(C)(O)/C=C/c1nc(-c2cnc3[nH]ccc3c2)nc(N2CCOCC2)c1S. The Hall–Kier alpha value is -2.42. The van der Waals surface area contributed by atoms with Crippen molar-refractivity contribution in [2.75, 3.05) is 31.2 Å². The second kappa shape index (κ2) is 7.54. The average molecular weight is 398 g/mol. The maximum absolute atomic E-state index is 10.1. The normalized spacial score (nSPS) is 15.6. The molecule has 3 aromatic heterocycles. The van der Waals surface area contributed by atoms with Gasteiger partial charge < -0.3 is 19.7 Å². The van der Waals surface area contributed by atoms with Gasteiger partial charge in [0.25, 0.3) is 0 Å². The third-order valence-corrected chi connectivity index (χ3v) is 4.94. The molecule has 0 saturated carbocycles. The molecule has 0 atom stereocenters. The molecule has 4 heterocycles. The summed E-state index contributed by atoms with van der Waals surface area (Å²) >= 11 is 4.70. The number of thiol groups is 1. The number of nitrogens with zero attached hydrogens (tertiary/aromatic N) is 4. The molecule has 0 radical (unpaired) electrons. The number of hydrogen-bond donors (Lipinski definition) is 3. The lowest BCUT2D eigenvalue weighted by Crippen LogP contribution is -2.37. The number of fused-ring (bicyclic) bond motifs is 1. The van der Waals surface area contributed by atoms with Crippen molar-refractivity contribution in [1.29, 1.82) is 0 Å². The van der Waals surface area contributed by atoms with Gasteiger partial charge in [-0.25, -0.2) is 15.0 Å². The third-order valence-electron chi connectivity index (χ3n) is 4.51. The first kappa shape index (κ1) is 18.9. The molecular weight excluding hydrogens is 374 g/mol. The fraction of sp³-hybridized carbons (Fsp3) is 0.350. The van der Waals surface area contributed by atoms with Crippen LogP contribution in [0.3, 0.4) is 0 Å². The van der Waals surface area contributed by atoms with Crippen molar-refractivity contribution in [3.63, 3.8) is 0 Å². The predicted octanol–water partition coefficient (Wildman–Crippen LogP) is 2.93. The monoisotopic (exact) mass is 397 g/mol. The number of rotatable bonds is 4. The predicted molar refractivity (Wildman–Crippen MR) is 113 cm³/mol. The van der Waals surface area contributed by atoms with Crippen LogP contribution in [0.2, 0.25) is 0 Å². The fourth-order valence-corrected chi connectivity index (χ4v) is 3.36. The largest absolute Gasteiger partial charge is 0.386 e. The molecule has 3 aromatic rings. The summed E-state index contributed by atoms with van der Waals surface area (Å²) in [5.74, 6) is 1.34. The van der Waals surface area contributed by atoms with Crippen LogP contribution in [-0.2, 0) is 4.74 Å². The summed E-state index contributed by atoms with van der Waals surface area (Å²) < 4.78 is 5.47. The fourth-order valence-electron chi connectivity index (χ4n) is 3.05. The first-order valence-corrected chi connectivity index (χ1v) is 9.64. The van der Waals surface area contributed by atoms with Crippen LogP contribution in [0, 0.1) is 0 Å². The zero-order chi connectivity index (χ0) is 19.7. The first-order valence-electron chi connectivity index (χ1n) is 9.19. The highest BCUT2D eigenvalue weighted by molar-refractivity contribution is 7.80. The molecule has 8 heteroatoms. The number of ether oxygens (including phenoxy) is 1. The van der Waals surface area contributed by atoms with Gasteiger partial charge >= 0.3 is 0 Å². The van der Waals surface area contributed by atoms with Crippen LogP contribution in [-0.4, -0.2) is 56.9 Å². The van der Waals surface area contributed by atoms with E-state index < -0.39 is 5.60 Å². The molecular formula is C20H23N5O2S. The summed E-state index contributed by atoms with van der Waals surface area (Å²) in [4.78, 5) is 19.9. The highest BCUT2D eigenvalue weighted by Crippen LogP contribution is 2.30. The number of morpholine rings is 1. The van der Waals surface area contributed by atoms with E-state index in [0.29, 0.717) is 29.6 Å². The van der Waals surface area contributed by atoms with E-state index in [2.05, 4.69) is 14.9 Å². The van der Waals surface area contributed by atoms with Crippen LogP contribution < -0.4 is 4.90 Å². The zero-order valence-electron chi connectivity index (χ0n) is 15.9. The van der Waals surface area contributed by atoms with E-state index in [1.54, 1.807) is 32.2 Å². The van der Waals surface area contributed by atoms with Crippen molar-refractivity contribution < 1.29 is 9.84 Å². The van der Waals surface area contributed by atoms with Crippen molar-refractivity contribution in [1.82, 2.24) is 19.9 Å². The molecule has 1 aliphatic rings. The number of nitrogens with one attached hydrogen (secondary N) is 1. The summed E-state index contributed by atoms with van der Waals surface area (Å²) in [7, 11) is 0. The molecule has 28 heavy (non-hydrogen) atoms. The van der Waals surface area contributed by atoms with Crippen LogP contribution >= 0.6 is 12.6 Å². The Morgan fingerprint density at radius 3 is 2.82 bits per heavy atom. The van der Waals surface area contributed by atoms with Crippen LogP contribution in [0.15, 0.2) is 35.5 Å². The lowest BCUT2D eigenvalue weighted by Gasteiger charge is -2.29. The van der Waals surface area contributed by atoms with E-state index in [4.69, 9.17) is 27.3 Å². The molecule has 7 nitrogen and oxygen atoms in total. The lowest BCUT2D eigenvalue weighted by atomic mass is 10.1. The van der Waals surface area contributed by atoms with Gasteiger partial charge in [-0.15, -0.1) is 12.6 Å². The van der Waals surface area contributed by atoms with Gasteiger partial charge in [-0.05, 0) is 32.1 Å². The van der Waals surface area contributed by atoms with Crippen molar-refractivity contribution >= 4 is 35.6 Å². The molecule has 0 unspecified atom stereocenters. The second-order valence-corrected chi connectivity index (χ2v) is 7.78. The Balaban J connectivity index is 1.83. The zero-order valence-corrected chi connectivity index (χ0v) is 16.8. The molecule has 0 aliphatic carbocycles. The molecule has 0 bridgehead atoms. The first-order chi connectivity index (χ1) is 13.4. The van der Waals surface area contributed by atoms with E-state index in [0.717, 1.165) is 35.5 Å². The van der Waals surface area contributed by atoms with Crippen LogP contribution in [0.4, 0.5) is 5.82 Å². The van der Waals surface area contributed by atoms with Gasteiger partial charge in [0.05, 0.1) is 29.4 Å². The number of aromatic amines is 1. The average Bonchev–Trinajstić information content (AvgIpc) is 3.15. The lowest BCUT2D eigenvalue weighted by molar-refractivity contribution is 0.122. The maximum Gasteiger partial charge on any atom is 0.163 e. The van der Waals surface area contributed by atoms with E-state index in [-0.39, 0.29) is 0 Å². The van der Waals surface area contributed by atoms with Crippen LogP contribution in [0.5, 0.6) is 0 Å². The number of anilines is 1. The van der Waals surface area contributed by atoms with E-state index in [9.17, 15) is 5.11 Å². The standard InChI is InChI=1S/C20H23N5O2S/c1-20(2,26)5-3-15-16(28)19(25-7-9-27-10-8-25)24-18(23-15)14-11-13-4-6-21-17(13)22-12-14/h3-6,11-12,26,28H,7-10H2,1-2H3,(H,21,22)/b5-3+. The van der Waals surface area contributed by atoms with Crippen LogP contribution in [0.1, 0.15) is 19.5 Å². The van der Waals surface area contributed by atoms with Gasteiger partial charge in [0.1, 0.15) is 11.5 Å². The summed E-state index contributed by atoms with van der Waals surface area (Å²) in [6.07, 6.45) is 7.12. The maximum atomic E-state index is 10.1. The number of H-pyrrole nitrogens is 1. The Kier molecular flexibility index (Phi) is 5.09. The smallest absolute Gasteiger partial charge is 0.163 e. The molecule has 0 aromatic carbocycles. The van der Waals surface area contributed by atoms with E-state index in [1.165, 1.54) is 0 Å². The molecule has 1 aliphatic heterocycles. The van der Waals surface area contributed by atoms with Crippen LogP contribution in [0.25, 0.3) is 28.5 Å². The minimum Gasteiger partial charge on any atom is -0.386 e. The van der Waals surface area contributed by atoms with Crippen molar-refractivity contribution in [3.8, 4) is 11.4 Å². The minimum absolute atomic E-state index is 0.574. The second-order valence-electron chi connectivity index (χ2n) is 7.33. The van der Waals surface area contributed by atoms with E-state index >= 15 is 0 Å². The number of aromatic nitrogens is 4.